The number of nitrogens with zero attached hydrogens (tertiary/aromatic N) is 2. The van der Waals surface area contributed by atoms with Crippen LogP contribution in [-0.4, -0.2) is 9.97 Å². The van der Waals surface area contributed by atoms with Gasteiger partial charge in [0.1, 0.15) is 23.0 Å². The van der Waals surface area contributed by atoms with E-state index >= 15 is 0 Å². The predicted molar refractivity (Wildman–Crippen MR) is 61.3 cm³/mol. The summed E-state index contributed by atoms with van der Waals surface area (Å²) in [5.41, 5.74) is -1.02. The van der Waals surface area contributed by atoms with E-state index in [4.69, 9.17) is 11.6 Å². The highest BCUT2D eigenvalue weighted by Crippen LogP contribution is 2.30. The molecule has 0 aliphatic carbocycles. The molecule has 0 bridgehead atoms. The smallest absolute Gasteiger partial charge is 0.200 e. The fourth-order valence-corrected chi connectivity index (χ4v) is 1.52. The number of aromatic nitrogens is 2. The zero-order valence-electron chi connectivity index (χ0n) is 9.74. The van der Waals surface area contributed by atoms with Crippen LogP contribution in [0.4, 0.5) is 33.5 Å². The van der Waals surface area contributed by atoms with E-state index in [9.17, 15) is 22.0 Å². The second kappa shape index (κ2) is 5.20. The molecule has 0 atom stereocenters. The molecule has 1 N–H and O–H groups in total. The Morgan fingerprint density at radius 3 is 1.95 bits per heavy atom. The molecule has 2 aromatic rings. The van der Waals surface area contributed by atoms with Gasteiger partial charge in [0, 0.05) is 5.56 Å². The van der Waals surface area contributed by atoms with Crippen molar-refractivity contribution in [3.63, 3.8) is 0 Å². The standard InChI is InChI=1S/C11H5ClF5N3/c1-3-10(12)18-2-19-11(3)20-9-7(16)5(14)4(13)6(15)8(9)17/h2H,1H3,(H,18,19,20). The Morgan fingerprint density at radius 1 is 0.900 bits per heavy atom. The van der Waals surface area contributed by atoms with Crippen LogP contribution < -0.4 is 5.32 Å². The Kier molecular flexibility index (Phi) is 3.76. The first-order valence-electron chi connectivity index (χ1n) is 5.10. The molecule has 0 unspecified atom stereocenters. The van der Waals surface area contributed by atoms with E-state index in [1.54, 1.807) is 0 Å². The number of hydrogen-bond donors (Lipinski definition) is 1. The monoisotopic (exact) mass is 309 g/mol. The normalized spacial score (nSPS) is 10.8. The van der Waals surface area contributed by atoms with E-state index in [-0.39, 0.29) is 16.5 Å². The lowest BCUT2D eigenvalue weighted by Gasteiger charge is -2.12. The summed E-state index contributed by atoms with van der Waals surface area (Å²) in [4.78, 5) is 7.21. The van der Waals surface area contributed by atoms with Gasteiger partial charge >= 0.3 is 0 Å². The minimum atomic E-state index is -2.23. The fraction of sp³-hybridized carbons (Fsp3) is 0.0909. The van der Waals surface area contributed by atoms with Crippen molar-refractivity contribution >= 4 is 23.1 Å². The second-order valence-corrected chi connectivity index (χ2v) is 4.07. The van der Waals surface area contributed by atoms with Crippen molar-refractivity contribution < 1.29 is 22.0 Å². The molecule has 2 rings (SSSR count). The van der Waals surface area contributed by atoms with Crippen molar-refractivity contribution in [2.24, 2.45) is 0 Å². The molecule has 0 aliphatic heterocycles. The van der Waals surface area contributed by atoms with Gasteiger partial charge in [0.05, 0.1) is 0 Å². The van der Waals surface area contributed by atoms with Crippen LogP contribution in [0.25, 0.3) is 0 Å². The number of halogens is 6. The second-order valence-electron chi connectivity index (χ2n) is 3.71. The van der Waals surface area contributed by atoms with Crippen LogP contribution in [0.1, 0.15) is 5.56 Å². The third kappa shape index (κ3) is 2.26. The van der Waals surface area contributed by atoms with Gasteiger partial charge in [-0.2, -0.15) is 0 Å². The van der Waals surface area contributed by atoms with E-state index in [1.165, 1.54) is 6.92 Å². The molecule has 1 heterocycles. The first-order chi connectivity index (χ1) is 9.34. The highest BCUT2D eigenvalue weighted by molar-refractivity contribution is 6.30. The molecule has 0 saturated heterocycles. The van der Waals surface area contributed by atoms with E-state index in [0.717, 1.165) is 6.33 Å². The predicted octanol–water partition coefficient (Wildman–Crippen LogP) is 3.88. The van der Waals surface area contributed by atoms with Crippen LogP contribution in [0.2, 0.25) is 5.15 Å². The van der Waals surface area contributed by atoms with Gasteiger partial charge in [-0.3, -0.25) is 0 Å². The molecule has 20 heavy (non-hydrogen) atoms. The third-order valence-electron chi connectivity index (χ3n) is 2.48. The Balaban J connectivity index is 2.57. The quantitative estimate of drug-likeness (QED) is 0.396. The topological polar surface area (TPSA) is 37.8 Å². The first kappa shape index (κ1) is 14.4. The van der Waals surface area contributed by atoms with Crippen molar-refractivity contribution in [2.75, 3.05) is 5.32 Å². The highest BCUT2D eigenvalue weighted by Gasteiger charge is 2.26. The van der Waals surface area contributed by atoms with Crippen molar-refractivity contribution in [2.45, 2.75) is 6.92 Å². The lowest BCUT2D eigenvalue weighted by Crippen LogP contribution is -2.08. The summed E-state index contributed by atoms with van der Waals surface area (Å²) in [5.74, 6) is -10.5. The van der Waals surface area contributed by atoms with Gasteiger partial charge in [-0.05, 0) is 6.92 Å². The largest absolute Gasteiger partial charge is 0.335 e. The number of benzene rings is 1. The Bertz CT molecular complexity index is 663. The highest BCUT2D eigenvalue weighted by atomic mass is 35.5. The third-order valence-corrected chi connectivity index (χ3v) is 2.86. The van der Waals surface area contributed by atoms with Crippen molar-refractivity contribution in [3.8, 4) is 0 Å². The minimum absolute atomic E-state index is 0.0219. The summed E-state index contributed by atoms with van der Waals surface area (Å²) in [6.45, 7) is 1.41. The molecule has 9 heteroatoms. The molecule has 0 aliphatic rings. The molecule has 1 aromatic heterocycles. The molecule has 0 radical (unpaired) electrons. The zero-order valence-corrected chi connectivity index (χ0v) is 10.5. The van der Waals surface area contributed by atoms with E-state index in [1.807, 2.05) is 5.32 Å². The Morgan fingerprint density at radius 2 is 1.40 bits per heavy atom. The molecule has 1 aromatic carbocycles. The lowest BCUT2D eigenvalue weighted by molar-refractivity contribution is 0.382. The number of hydrogen-bond acceptors (Lipinski definition) is 3. The van der Waals surface area contributed by atoms with Crippen molar-refractivity contribution in [1.29, 1.82) is 0 Å². The molecule has 106 valence electrons. The number of anilines is 2. The molecule has 0 saturated carbocycles. The minimum Gasteiger partial charge on any atom is -0.335 e. The molecular formula is C11H5ClF5N3. The van der Waals surface area contributed by atoms with Crippen LogP contribution in [0.15, 0.2) is 6.33 Å². The van der Waals surface area contributed by atoms with Gasteiger partial charge in [0.25, 0.3) is 0 Å². The molecule has 0 amide bonds. The average molecular weight is 310 g/mol. The van der Waals surface area contributed by atoms with Gasteiger partial charge in [-0.25, -0.2) is 31.9 Å². The summed E-state index contributed by atoms with van der Waals surface area (Å²) in [7, 11) is 0. The van der Waals surface area contributed by atoms with Crippen LogP contribution >= 0.6 is 11.6 Å². The Labute approximate surface area is 114 Å². The summed E-state index contributed by atoms with van der Waals surface area (Å²) in [6.07, 6.45) is 0.976. The van der Waals surface area contributed by atoms with Crippen LogP contribution in [0.3, 0.4) is 0 Å². The molecular weight excluding hydrogens is 305 g/mol. The van der Waals surface area contributed by atoms with E-state index in [2.05, 4.69) is 9.97 Å². The first-order valence-corrected chi connectivity index (χ1v) is 5.48. The number of rotatable bonds is 2. The summed E-state index contributed by atoms with van der Waals surface area (Å²) in [5, 5.41) is 2.00. The maximum atomic E-state index is 13.5. The van der Waals surface area contributed by atoms with Crippen LogP contribution in [0, 0.1) is 36.0 Å². The molecule has 3 nitrogen and oxygen atoms in total. The maximum absolute atomic E-state index is 13.5. The summed E-state index contributed by atoms with van der Waals surface area (Å²) < 4.78 is 65.8. The fourth-order valence-electron chi connectivity index (χ4n) is 1.39. The van der Waals surface area contributed by atoms with E-state index < -0.39 is 34.8 Å². The van der Waals surface area contributed by atoms with Gasteiger partial charge in [-0.15, -0.1) is 0 Å². The maximum Gasteiger partial charge on any atom is 0.200 e. The van der Waals surface area contributed by atoms with Gasteiger partial charge in [0.2, 0.25) is 5.82 Å². The van der Waals surface area contributed by atoms with Crippen LogP contribution in [0.5, 0.6) is 0 Å². The molecule has 0 fully saturated rings. The van der Waals surface area contributed by atoms with Gasteiger partial charge in [-0.1, -0.05) is 11.6 Å². The molecule has 0 spiro atoms. The van der Waals surface area contributed by atoms with Crippen molar-refractivity contribution in [1.82, 2.24) is 9.97 Å². The van der Waals surface area contributed by atoms with Gasteiger partial charge in [0.15, 0.2) is 23.3 Å². The summed E-state index contributed by atoms with van der Waals surface area (Å²) >= 11 is 5.66. The van der Waals surface area contributed by atoms with Crippen molar-refractivity contribution in [3.05, 3.63) is 46.1 Å². The van der Waals surface area contributed by atoms with E-state index in [0.29, 0.717) is 0 Å². The number of nitrogens with one attached hydrogen (secondary N) is 1. The van der Waals surface area contributed by atoms with Gasteiger partial charge < -0.3 is 5.32 Å². The lowest BCUT2D eigenvalue weighted by atomic mass is 10.2. The summed E-state index contributed by atoms with van der Waals surface area (Å²) in [6, 6.07) is 0. The average Bonchev–Trinajstić information content (AvgIpc) is 2.43. The van der Waals surface area contributed by atoms with Crippen LogP contribution in [-0.2, 0) is 0 Å². The Hall–Kier alpha value is -1.96. The SMILES string of the molecule is Cc1c(Cl)ncnc1Nc1c(F)c(F)c(F)c(F)c1F. The zero-order chi connectivity index (χ0) is 15.0.